The lowest BCUT2D eigenvalue weighted by Crippen LogP contribution is -2.68. The molecule has 1 aromatic rings. The number of fused-ring (bicyclic) bond motifs is 3. The molecule has 2 aliphatic heterocycles. The fourth-order valence-corrected chi connectivity index (χ4v) is 7.21. The van der Waals surface area contributed by atoms with Crippen LogP contribution in [0.15, 0.2) is 34.7 Å². The molecular formula is C27H36O12. The van der Waals surface area contributed by atoms with Crippen LogP contribution in [-0.2, 0) is 28.5 Å². The van der Waals surface area contributed by atoms with E-state index in [0.717, 1.165) is 0 Å². The number of carbonyl (C=O) groups excluding carboxylic acids is 2. The molecule has 12 nitrogen and oxygen atoms in total. The molecule has 5 N–H and O–H groups in total. The van der Waals surface area contributed by atoms with Gasteiger partial charge in [-0.15, -0.1) is 0 Å². The Morgan fingerprint density at radius 2 is 1.90 bits per heavy atom. The summed E-state index contributed by atoms with van der Waals surface area (Å²) in [6.07, 6.45) is -3.62. The van der Waals surface area contributed by atoms with Gasteiger partial charge in [0.25, 0.3) is 0 Å². The number of cyclic esters (lactones) is 1. The van der Waals surface area contributed by atoms with E-state index in [1.165, 1.54) is 19.6 Å². The maximum atomic E-state index is 13.3. The minimum atomic E-state index is -1.83. The van der Waals surface area contributed by atoms with Crippen LogP contribution >= 0.6 is 0 Å². The third-order valence-corrected chi connectivity index (χ3v) is 9.60. The number of furan rings is 1. The maximum absolute atomic E-state index is 13.3. The molecule has 0 radical (unpaired) electrons. The molecule has 5 rings (SSSR count). The van der Waals surface area contributed by atoms with Gasteiger partial charge in [-0.2, -0.15) is 0 Å². The fourth-order valence-electron chi connectivity index (χ4n) is 7.21. The van der Waals surface area contributed by atoms with Gasteiger partial charge in [-0.25, -0.2) is 9.59 Å². The Kier molecular flexibility index (Phi) is 7.20. The van der Waals surface area contributed by atoms with Gasteiger partial charge < -0.3 is 48.9 Å². The zero-order chi connectivity index (χ0) is 28.3. The Balaban J connectivity index is 1.52. The van der Waals surface area contributed by atoms with Gasteiger partial charge in [0.1, 0.15) is 30.5 Å². The third kappa shape index (κ3) is 4.24. The van der Waals surface area contributed by atoms with Crippen LogP contribution in [0, 0.1) is 16.7 Å². The molecule has 1 aromatic heterocycles. The SMILES string of the molecule is COC(=O)C1=C[C@H](O[C@@H]2O[C@H](CO)[C@@H](O)[C@H](O)[C@H]2O)C[C@@H]2[C@@]1(C)CC[C@@]1(O)C(=O)O[C@H](c3ccoc3)C[C@@]21C. The number of methoxy groups -OCH3 is 1. The summed E-state index contributed by atoms with van der Waals surface area (Å²) in [5.41, 5.74) is -2.77. The predicted molar refractivity (Wildman–Crippen MR) is 129 cm³/mol. The highest BCUT2D eigenvalue weighted by atomic mass is 16.7. The van der Waals surface area contributed by atoms with E-state index < -0.39 is 83.8 Å². The molecule has 2 aliphatic carbocycles. The molecule has 0 unspecified atom stereocenters. The van der Waals surface area contributed by atoms with Crippen LogP contribution in [0.25, 0.3) is 0 Å². The number of hydrogen-bond donors (Lipinski definition) is 5. The van der Waals surface area contributed by atoms with Crippen molar-refractivity contribution < 1.29 is 58.5 Å². The van der Waals surface area contributed by atoms with Crippen LogP contribution in [0.5, 0.6) is 0 Å². The minimum Gasteiger partial charge on any atom is -0.472 e. The minimum absolute atomic E-state index is 0.0695. The Morgan fingerprint density at radius 3 is 2.54 bits per heavy atom. The lowest BCUT2D eigenvalue weighted by atomic mass is 9.44. The molecule has 4 aliphatic rings. The highest BCUT2D eigenvalue weighted by Crippen LogP contribution is 2.66. The molecule has 0 spiro atoms. The molecular weight excluding hydrogens is 516 g/mol. The van der Waals surface area contributed by atoms with E-state index in [2.05, 4.69) is 0 Å². The molecule has 2 saturated heterocycles. The maximum Gasteiger partial charge on any atom is 0.339 e. The molecule has 0 bridgehead atoms. The highest BCUT2D eigenvalue weighted by Gasteiger charge is 2.69. The Hall–Kier alpha value is -2.32. The summed E-state index contributed by atoms with van der Waals surface area (Å²) < 4.78 is 27.6. The van der Waals surface area contributed by atoms with Gasteiger partial charge in [-0.05, 0) is 43.7 Å². The van der Waals surface area contributed by atoms with E-state index >= 15 is 0 Å². The van der Waals surface area contributed by atoms with Crippen molar-refractivity contribution in [1.29, 1.82) is 0 Å². The smallest absolute Gasteiger partial charge is 0.339 e. The normalized spacial score (nSPS) is 45.9. The van der Waals surface area contributed by atoms with Crippen molar-refractivity contribution in [3.8, 4) is 0 Å². The number of esters is 2. The molecule has 1 saturated carbocycles. The van der Waals surface area contributed by atoms with E-state index in [-0.39, 0.29) is 19.3 Å². The van der Waals surface area contributed by atoms with Crippen LogP contribution in [0.3, 0.4) is 0 Å². The second kappa shape index (κ2) is 9.95. The quantitative estimate of drug-likeness (QED) is 0.311. The molecule has 39 heavy (non-hydrogen) atoms. The van der Waals surface area contributed by atoms with Crippen molar-refractivity contribution in [3.05, 3.63) is 35.8 Å². The van der Waals surface area contributed by atoms with Crippen molar-refractivity contribution in [2.75, 3.05) is 13.7 Å². The standard InChI is InChI=1S/C27H36O12/c1-25-5-6-27(34)24(33)39-16(13-4-7-36-12-13)10-26(27,2)18(25)9-14(8-15(25)22(32)35-3)37-23-21(31)20(30)19(29)17(11-28)38-23/h4,7-8,12,14,16-21,23,28-31,34H,5-6,9-11H2,1-3H3/t14-,16-,17+,18+,19+,20-,21+,23+,25-,26-,27+/m0/s1. The molecule has 3 heterocycles. The van der Waals surface area contributed by atoms with Gasteiger partial charge >= 0.3 is 11.9 Å². The van der Waals surface area contributed by atoms with Crippen LogP contribution in [0.4, 0.5) is 0 Å². The summed E-state index contributed by atoms with van der Waals surface area (Å²) in [6, 6.07) is 1.69. The van der Waals surface area contributed by atoms with Crippen LogP contribution in [-0.4, -0.2) is 93.6 Å². The number of aliphatic hydroxyl groups excluding tert-OH is 4. The summed E-state index contributed by atoms with van der Waals surface area (Å²) in [7, 11) is 1.26. The number of rotatable bonds is 5. The van der Waals surface area contributed by atoms with E-state index in [1.54, 1.807) is 12.1 Å². The lowest BCUT2D eigenvalue weighted by molar-refractivity contribution is -0.312. The van der Waals surface area contributed by atoms with Crippen LogP contribution < -0.4 is 0 Å². The zero-order valence-corrected chi connectivity index (χ0v) is 22.1. The lowest BCUT2D eigenvalue weighted by Gasteiger charge is -2.63. The number of aliphatic hydroxyl groups is 5. The van der Waals surface area contributed by atoms with E-state index in [9.17, 15) is 35.1 Å². The van der Waals surface area contributed by atoms with Crippen molar-refractivity contribution in [1.82, 2.24) is 0 Å². The summed E-state index contributed by atoms with van der Waals surface area (Å²) in [5, 5.41) is 52.3. The van der Waals surface area contributed by atoms with Crippen molar-refractivity contribution in [2.24, 2.45) is 16.7 Å². The second-order valence-corrected chi connectivity index (χ2v) is 11.6. The first-order chi connectivity index (χ1) is 18.4. The highest BCUT2D eigenvalue weighted by molar-refractivity contribution is 5.91. The summed E-state index contributed by atoms with van der Waals surface area (Å²) >= 11 is 0. The molecule has 216 valence electrons. The van der Waals surface area contributed by atoms with Crippen molar-refractivity contribution in [2.45, 2.75) is 88.0 Å². The molecule has 0 aromatic carbocycles. The molecule has 0 amide bonds. The van der Waals surface area contributed by atoms with Gasteiger partial charge in [-0.3, -0.25) is 0 Å². The van der Waals surface area contributed by atoms with E-state index in [1.807, 2.05) is 13.8 Å². The van der Waals surface area contributed by atoms with E-state index in [4.69, 9.17) is 23.4 Å². The van der Waals surface area contributed by atoms with Gasteiger partial charge in [0.05, 0.1) is 32.3 Å². The third-order valence-electron chi connectivity index (χ3n) is 9.60. The van der Waals surface area contributed by atoms with Gasteiger partial charge in [-0.1, -0.05) is 13.8 Å². The summed E-state index contributed by atoms with van der Waals surface area (Å²) in [5.74, 6) is -1.84. The fraction of sp³-hybridized carbons (Fsp3) is 0.704. The zero-order valence-electron chi connectivity index (χ0n) is 22.1. The first-order valence-corrected chi connectivity index (χ1v) is 13.1. The first kappa shape index (κ1) is 28.2. The van der Waals surface area contributed by atoms with Gasteiger partial charge in [0.15, 0.2) is 11.9 Å². The Labute approximate surface area is 225 Å². The number of carbonyl (C=O) groups is 2. The number of hydrogen-bond acceptors (Lipinski definition) is 12. The average Bonchev–Trinajstić information content (AvgIpc) is 3.46. The van der Waals surface area contributed by atoms with Crippen LogP contribution in [0.2, 0.25) is 0 Å². The van der Waals surface area contributed by atoms with Crippen LogP contribution in [0.1, 0.15) is 51.2 Å². The Bertz CT molecular complexity index is 1120. The van der Waals surface area contributed by atoms with Gasteiger partial charge in [0, 0.05) is 22.0 Å². The molecule has 3 fully saturated rings. The topological polar surface area (TPSA) is 185 Å². The second-order valence-electron chi connectivity index (χ2n) is 11.6. The molecule has 12 heteroatoms. The monoisotopic (exact) mass is 552 g/mol. The summed E-state index contributed by atoms with van der Waals surface area (Å²) in [6.45, 7) is 3.10. The first-order valence-electron chi connectivity index (χ1n) is 13.1. The van der Waals surface area contributed by atoms with Crippen molar-refractivity contribution >= 4 is 11.9 Å². The van der Waals surface area contributed by atoms with E-state index in [0.29, 0.717) is 17.6 Å². The summed E-state index contributed by atoms with van der Waals surface area (Å²) in [4.78, 5) is 26.4. The van der Waals surface area contributed by atoms with Gasteiger partial charge in [0.2, 0.25) is 0 Å². The predicted octanol–water partition coefficient (Wildman–Crippen LogP) is 0.109. The number of ether oxygens (including phenoxy) is 4. The van der Waals surface area contributed by atoms with Crippen molar-refractivity contribution in [3.63, 3.8) is 0 Å². The largest absolute Gasteiger partial charge is 0.472 e. The Morgan fingerprint density at radius 1 is 1.15 bits per heavy atom. The average molecular weight is 553 g/mol. The molecule has 11 atom stereocenters.